The Morgan fingerprint density at radius 2 is 1.61 bits per heavy atom. The van der Waals surface area contributed by atoms with Gasteiger partial charge < -0.3 is 18.0 Å². The lowest BCUT2D eigenvalue weighted by Gasteiger charge is -2.28. The first-order chi connectivity index (χ1) is 17.0. The van der Waals surface area contributed by atoms with Gasteiger partial charge in [0.25, 0.3) is 10.1 Å². The van der Waals surface area contributed by atoms with E-state index in [9.17, 15) is 13.2 Å². The summed E-state index contributed by atoms with van der Waals surface area (Å²) in [5.41, 5.74) is 0.291. The predicted octanol–water partition coefficient (Wildman–Crippen LogP) is 5.45. The van der Waals surface area contributed by atoms with Crippen LogP contribution in [0.25, 0.3) is 0 Å². The van der Waals surface area contributed by atoms with Crippen molar-refractivity contribution in [2.75, 3.05) is 27.9 Å². The summed E-state index contributed by atoms with van der Waals surface area (Å²) < 4.78 is 52.7. The molecule has 2 rings (SSSR count). The molecule has 0 bridgehead atoms. The molecule has 10 heteroatoms. The van der Waals surface area contributed by atoms with Crippen LogP contribution in [-0.4, -0.2) is 57.2 Å². The average molecular weight is 545 g/mol. The number of ether oxygens (including phenoxy) is 1. The first kappa shape index (κ1) is 30.9. The smallest absolute Gasteiger partial charge is 0.465 e. The molecule has 1 unspecified atom stereocenters. The summed E-state index contributed by atoms with van der Waals surface area (Å²) in [5.74, 6) is -0.181. The van der Waals surface area contributed by atoms with E-state index in [0.29, 0.717) is 18.9 Å². The Morgan fingerprint density at radius 3 is 2.14 bits per heavy atom. The van der Waals surface area contributed by atoms with Gasteiger partial charge in [0.1, 0.15) is 0 Å². The number of hydrogen-bond acceptors (Lipinski definition) is 8. The number of carbonyl (C=O) groups is 1. The van der Waals surface area contributed by atoms with Crippen molar-refractivity contribution < 1.29 is 35.4 Å². The van der Waals surface area contributed by atoms with E-state index in [0.717, 1.165) is 44.1 Å². The lowest BCUT2D eigenvalue weighted by Crippen LogP contribution is -2.42. The zero-order valence-electron chi connectivity index (χ0n) is 22.7. The van der Waals surface area contributed by atoms with Crippen molar-refractivity contribution in [3.05, 3.63) is 29.8 Å². The van der Waals surface area contributed by atoms with Gasteiger partial charge in [0, 0.05) is 27.4 Å². The van der Waals surface area contributed by atoms with Crippen LogP contribution < -0.4 is 0 Å². The van der Waals surface area contributed by atoms with Gasteiger partial charge in [0.15, 0.2) is 0 Å². The Hall–Kier alpha value is -1.30. The van der Waals surface area contributed by atoms with Crippen LogP contribution in [0.5, 0.6) is 0 Å². The normalized spacial score (nSPS) is 16.6. The minimum atomic E-state index is -3.79. The van der Waals surface area contributed by atoms with Crippen LogP contribution in [0.2, 0.25) is 6.04 Å². The third-order valence-electron chi connectivity index (χ3n) is 7.05. The lowest BCUT2D eigenvalue weighted by atomic mass is 9.79. The SMILES string of the molecule is CCC(CC(C)(C)C(=O)OCCC[Si](OC)(OC)OC)c1ccc(S(=O)(=O)OC2CCCCC2)cc1. The summed E-state index contributed by atoms with van der Waals surface area (Å²) in [6, 6.07) is 7.44. The zero-order chi connectivity index (χ0) is 26.8. The summed E-state index contributed by atoms with van der Waals surface area (Å²) in [5, 5.41) is 0. The Bertz CT molecular complexity index is 898. The van der Waals surface area contributed by atoms with Crippen LogP contribution >= 0.6 is 0 Å². The summed E-state index contributed by atoms with van der Waals surface area (Å²) in [7, 11) is -1.79. The van der Waals surface area contributed by atoms with Gasteiger partial charge >= 0.3 is 14.8 Å². The highest BCUT2D eigenvalue weighted by Crippen LogP contribution is 2.35. The summed E-state index contributed by atoms with van der Waals surface area (Å²) in [4.78, 5) is 13.0. The van der Waals surface area contributed by atoms with Crippen molar-refractivity contribution in [2.24, 2.45) is 5.41 Å². The van der Waals surface area contributed by atoms with E-state index >= 15 is 0 Å². The standard InChI is InChI=1S/C26H44O8SSi/c1-7-21(20-26(2,3)25(27)33-18-11-19-36(30-4,31-5)32-6)22-14-16-24(17-15-22)35(28,29)34-23-12-9-8-10-13-23/h14-17,21,23H,7-13,18-20H2,1-6H3. The molecule has 8 nitrogen and oxygen atoms in total. The van der Waals surface area contributed by atoms with Gasteiger partial charge in [0.2, 0.25) is 0 Å². The van der Waals surface area contributed by atoms with Crippen molar-refractivity contribution in [1.29, 1.82) is 0 Å². The van der Waals surface area contributed by atoms with Crippen LogP contribution in [0.1, 0.15) is 83.6 Å². The highest BCUT2D eigenvalue weighted by Gasteiger charge is 2.38. The van der Waals surface area contributed by atoms with Crippen LogP contribution in [-0.2, 0) is 37.1 Å². The average Bonchev–Trinajstić information content (AvgIpc) is 2.88. The third-order valence-corrected chi connectivity index (χ3v) is 11.3. The molecule has 0 heterocycles. The van der Waals surface area contributed by atoms with Gasteiger partial charge in [-0.3, -0.25) is 8.98 Å². The van der Waals surface area contributed by atoms with Crippen LogP contribution in [0.4, 0.5) is 0 Å². The molecule has 1 saturated carbocycles. The second-order valence-corrected chi connectivity index (χ2v) is 14.8. The van der Waals surface area contributed by atoms with Crippen LogP contribution in [0, 0.1) is 5.41 Å². The van der Waals surface area contributed by atoms with E-state index in [-0.39, 0.29) is 29.5 Å². The summed E-state index contributed by atoms with van der Waals surface area (Å²) in [6.45, 7) is 6.09. The molecule has 1 fully saturated rings. The monoisotopic (exact) mass is 544 g/mol. The maximum absolute atomic E-state index is 12.9. The highest BCUT2D eigenvalue weighted by molar-refractivity contribution is 7.86. The fourth-order valence-corrected chi connectivity index (χ4v) is 7.53. The van der Waals surface area contributed by atoms with E-state index in [4.69, 9.17) is 22.2 Å². The molecule has 1 aliphatic rings. The second-order valence-electron chi connectivity index (χ2n) is 10.1. The Labute approximate surface area is 218 Å². The maximum atomic E-state index is 12.9. The second kappa shape index (κ2) is 14.0. The molecule has 0 aliphatic heterocycles. The first-order valence-electron chi connectivity index (χ1n) is 12.9. The molecule has 0 amide bonds. The molecule has 206 valence electrons. The molecule has 0 aromatic heterocycles. The molecular formula is C26H44O8SSi. The minimum absolute atomic E-state index is 0.0825. The van der Waals surface area contributed by atoms with Gasteiger partial charge in [-0.05, 0) is 69.6 Å². The van der Waals surface area contributed by atoms with Crippen molar-refractivity contribution in [3.63, 3.8) is 0 Å². The molecular weight excluding hydrogens is 500 g/mol. The van der Waals surface area contributed by atoms with Gasteiger partial charge in [-0.25, -0.2) is 0 Å². The fraction of sp³-hybridized carbons (Fsp3) is 0.731. The third kappa shape index (κ3) is 8.63. The van der Waals surface area contributed by atoms with Crippen molar-refractivity contribution in [3.8, 4) is 0 Å². The van der Waals surface area contributed by atoms with Crippen molar-refractivity contribution in [1.82, 2.24) is 0 Å². The number of carbonyl (C=O) groups excluding carboxylic acids is 1. The number of benzene rings is 1. The van der Waals surface area contributed by atoms with Gasteiger partial charge in [-0.2, -0.15) is 8.42 Å². The minimum Gasteiger partial charge on any atom is -0.465 e. The molecule has 0 spiro atoms. The van der Waals surface area contributed by atoms with E-state index in [1.807, 2.05) is 26.0 Å². The Kier molecular flexibility index (Phi) is 12.0. The number of esters is 1. The molecule has 0 N–H and O–H groups in total. The maximum Gasteiger partial charge on any atom is 0.500 e. The molecule has 1 aromatic rings. The highest BCUT2D eigenvalue weighted by atomic mass is 32.2. The Morgan fingerprint density at radius 1 is 1.03 bits per heavy atom. The molecule has 0 saturated heterocycles. The van der Waals surface area contributed by atoms with Gasteiger partial charge in [-0.1, -0.05) is 38.3 Å². The fourth-order valence-electron chi connectivity index (χ4n) is 4.71. The Balaban J connectivity index is 1.95. The summed E-state index contributed by atoms with van der Waals surface area (Å²) >= 11 is 0. The van der Waals surface area contributed by atoms with Crippen molar-refractivity contribution >= 4 is 24.9 Å². The van der Waals surface area contributed by atoms with E-state index < -0.39 is 24.3 Å². The number of hydrogen-bond donors (Lipinski definition) is 0. The van der Waals surface area contributed by atoms with Gasteiger partial charge in [0.05, 0.1) is 23.0 Å². The predicted molar refractivity (Wildman–Crippen MR) is 140 cm³/mol. The first-order valence-corrected chi connectivity index (χ1v) is 16.2. The quantitative estimate of drug-likeness (QED) is 0.125. The van der Waals surface area contributed by atoms with E-state index in [2.05, 4.69) is 6.92 Å². The van der Waals surface area contributed by atoms with E-state index in [1.165, 1.54) is 0 Å². The van der Waals surface area contributed by atoms with Gasteiger partial charge in [-0.15, -0.1) is 0 Å². The zero-order valence-corrected chi connectivity index (χ0v) is 24.5. The summed E-state index contributed by atoms with van der Waals surface area (Å²) in [6.07, 6.45) is 6.47. The molecule has 1 atom stereocenters. The lowest BCUT2D eigenvalue weighted by molar-refractivity contribution is -0.154. The van der Waals surface area contributed by atoms with Crippen molar-refractivity contribution in [2.45, 2.75) is 95.1 Å². The molecule has 0 radical (unpaired) electrons. The topological polar surface area (TPSA) is 97.4 Å². The molecule has 1 aromatic carbocycles. The van der Waals surface area contributed by atoms with Crippen LogP contribution in [0.15, 0.2) is 29.2 Å². The molecule has 36 heavy (non-hydrogen) atoms. The van der Waals surface area contributed by atoms with Crippen LogP contribution in [0.3, 0.4) is 0 Å². The largest absolute Gasteiger partial charge is 0.500 e. The molecule has 1 aliphatic carbocycles. The number of rotatable bonds is 15. The van der Waals surface area contributed by atoms with E-state index in [1.54, 1.807) is 33.5 Å².